The molecule has 7 nitrogen and oxygen atoms in total. The molecule has 0 spiro atoms. The molecule has 5 rings (SSSR count). The summed E-state index contributed by atoms with van der Waals surface area (Å²) in [7, 11) is 0. The van der Waals surface area contributed by atoms with E-state index in [4.69, 9.17) is 9.47 Å². The van der Waals surface area contributed by atoms with Crippen molar-refractivity contribution in [3.05, 3.63) is 65.7 Å². The molecule has 2 aliphatic heterocycles. The van der Waals surface area contributed by atoms with Crippen molar-refractivity contribution in [2.24, 2.45) is 0 Å². The zero-order valence-corrected chi connectivity index (χ0v) is 16.9. The van der Waals surface area contributed by atoms with Gasteiger partial charge in [0.2, 0.25) is 0 Å². The van der Waals surface area contributed by atoms with Crippen LogP contribution in [0.3, 0.4) is 0 Å². The number of carbonyl (C=O) groups is 2. The maximum Gasteiger partial charge on any atom is 0.282 e. The zero-order valence-electron chi connectivity index (χ0n) is 16.9. The Balaban J connectivity index is 1.47. The van der Waals surface area contributed by atoms with Gasteiger partial charge in [-0.25, -0.2) is 4.98 Å². The summed E-state index contributed by atoms with van der Waals surface area (Å²) in [5.74, 6) is 1.16. The molecular formula is C24H22N3O4+. The fraction of sp³-hybridized carbons (Fsp3) is 0.208. The number of nitrogens with zero attached hydrogens (tertiary/aromatic N) is 1. The van der Waals surface area contributed by atoms with Gasteiger partial charge in [0.15, 0.2) is 12.4 Å². The molecule has 0 atom stereocenters. The number of ketones is 1. The molecule has 0 radical (unpaired) electrons. The third-order valence-electron chi connectivity index (χ3n) is 5.44. The number of ether oxygens (including phenoxy) is 2. The number of benzene rings is 2. The topological polar surface area (TPSA) is 82.0 Å². The fourth-order valence-corrected chi connectivity index (χ4v) is 3.85. The Kier molecular flexibility index (Phi) is 5.09. The van der Waals surface area contributed by atoms with Crippen molar-refractivity contribution in [2.45, 2.75) is 0 Å². The molecule has 7 heteroatoms. The first-order chi connectivity index (χ1) is 15.2. The minimum absolute atomic E-state index is 0.0109. The van der Waals surface area contributed by atoms with Crippen LogP contribution in [-0.4, -0.2) is 44.6 Å². The van der Waals surface area contributed by atoms with E-state index in [1.54, 1.807) is 24.3 Å². The number of anilines is 2. The number of para-hydroxylation sites is 1. The van der Waals surface area contributed by atoms with Crippen LogP contribution in [0, 0.1) is 0 Å². The molecule has 1 amide bonds. The number of carbonyl (C=O) groups excluding carboxylic acids is 2. The number of rotatable bonds is 4. The molecule has 3 aromatic rings. The third-order valence-corrected chi connectivity index (χ3v) is 5.44. The Morgan fingerprint density at radius 3 is 2.81 bits per heavy atom. The van der Waals surface area contributed by atoms with E-state index in [0.717, 1.165) is 35.4 Å². The largest absolute Gasteiger partial charge is 0.482 e. The minimum Gasteiger partial charge on any atom is -0.482 e. The number of H-pyrrole nitrogens is 1. The Labute approximate surface area is 179 Å². The number of pyridine rings is 1. The van der Waals surface area contributed by atoms with Gasteiger partial charge in [0, 0.05) is 10.9 Å². The summed E-state index contributed by atoms with van der Waals surface area (Å²) in [6.07, 6.45) is 3.40. The lowest BCUT2D eigenvalue weighted by Crippen LogP contribution is -2.40. The highest BCUT2D eigenvalue weighted by molar-refractivity contribution is 6.08. The van der Waals surface area contributed by atoms with E-state index in [1.165, 1.54) is 0 Å². The first-order valence-corrected chi connectivity index (χ1v) is 10.2. The van der Waals surface area contributed by atoms with Crippen LogP contribution in [0.25, 0.3) is 17.0 Å². The average Bonchev–Trinajstić information content (AvgIpc) is 2.82. The van der Waals surface area contributed by atoms with Gasteiger partial charge in [0.25, 0.3) is 11.7 Å². The Morgan fingerprint density at radius 1 is 1.10 bits per heavy atom. The number of nitrogens with one attached hydrogen (secondary N) is 2. The van der Waals surface area contributed by atoms with Gasteiger partial charge in [0.1, 0.15) is 24.4 Å². The Morgan fingerprint density at radius 2 is 1.94 bits per heavy atom. The molecule has 1 fully saturated rings. The summed E-state index contributed by atoms with van der Waals surface area (Å²) in [6, 6.07) is 15.2. The molecule has 3 heterocycles. The van der Waals surface area contributed by atoms with Gasteiger partial charge < -0.3 is 14.8 Å². The van der Waals surface area contributed by atoms with Gasteiger partial charge in [0.05, 0.1) is 24.5 Å². The predicted molar refractivity (Wildman–Crippen MR) is 117 cm³/mol. The summed E-state index contributed by atoms with van der Waals surface area (Å²) in [4.78, 5) is 30.2. The van der Waals surface area contributed by atoms with Crippen molar-refractivity contribution >= 4 is 40.2 Å². The average molecular weight is 416 g/mol. The summed E-state index contributed by atoms with van der Waals surface area (Å²) in [6.45, 7) is 2.91. The zero-order chi connectivity index (χ0) is 21.2. The SMILES string of the molecule is O=C1COc2ccc(C(=O)/C=C/c3cc4ccccc4[nH+]c3N3CCOCC3)cc2N1. The highest BCUT2D eigenvalue weighted by Crippen LogP contribution is 2.29. The molecule has 1 saturated heterocycles. The fourth-order valence-electron chi connectivity index (χ4n) is 3.85. The van der Waals surface area contributed by atoms with Crippen LogP contribution in [0.2, 0.25) is 0 Å². The lowest BCUT2D eigenvalue weighted by atomic mass is 10.1. The predicted octanol–water partition coefficient (Wildman–Crippen LogP) is 2.72. The molecule has 156 valence electrons. The van der Waals surface area contributed by atoms with Gasteiger partial charge in [-0.3, -0.25) is 14.5 Å². The van der Waals surface area contributed by atoms with E-state index in [1.807, 2.05) is 30.3 Å². The summed E-state index contributed by atoms with van der Waals surface area (Å²) in [5, 5.41) is 3.81. The van der Waals surface area contributed by atoms with Crippen LogP contribution in [-0.2, 0) is 9.53 Å². The number of hydrogen-bond acceptors (Lipinski definition) is 5. The minimum atomic E-state index is -0.227. The maximum atomic E-state index is 12.9. The molecule has 2 N–H and O–H groups in total. The standard InChI is InChI=1S/C24H21N3O4/c28-21(17-6-8-22-20(14-17)25-23(29)15-31-22)7-5-18-13-16-3-1-2-4-19(16)26-24(18)27-9-11-30-12-10-27/h1-8,13-14H,9-12,15H2,(H,25,29)/p+1/b7-5+. The Hall–Kier alpha value is -3.71. The highest BCUT2D eigenvalue weighted by Gasteiger charge is 2.23. The summed E-state index contributed by atoms with van der Waals surface area (Å²) in [5.41, 5.74) is 2.98. The molecule has 2 aliphatic rings. The van der Waals surface area contributed by atoms with Crippen LogP contribution in [0.15, 0.2) is 54.6 Å². The van der Waals surface area contributed by atoms with Gasteiger partial charge in [-0.15, -0.1) is 0 Å². The van der Waals surface area contributed by atoms with Crippen LogP contribution in [0.1, 0.15) is 15.9 Å². The maximum absolute atomic E-state index is 12.9. The van der Waals surface area contributed by atoms with E-state index in [0.29, 0.717) is 30.2 Å². The summed E-state index contributed by atoms with van der Waals surface area (Å²) >= 11 is 0. The molecule has 0 saturated carbocycles. The molecule has 1 aromatic heterocycles. The highest BCUT2D eigenvalue weighted by atomic mass is 16.5. The number of allylic oxidation sites excluding steroid dienone is 1. The van der Waals surface area contributed by atoms with Crippen LogP contribution in [0.4, 0.5) is 11.5 Å². The quantitative estimate of drug-likeness (QED) is 0.522. The second kappa shape index (κ2) is 8.20. The van der Waals surface area contributed by atoms with Crippen molar-refractivity contribution in [1.82, 2.24) is 0 Å². The molecule has 2 aromatic carbocycles. The van der Waals surface area contributed by atoms with Gasteiger partial charge in [-0.2, -0.15) is 0 Å². The number of aromatic nitrogens is 1. The van der Waals surface area contributed by atoms with E-state index >= 15 is 0 Å². The number of amides is 1. The van der Waals surface area contributed by atoms with E-state index < -0.39 is 0 Å². The van der Waals surface area contributed by atoms with Crippen LogP contribution >= 0.6 is 0 Å². The lowest BCUT2D eigenvalue weighted by molar-refractivity contribution is -0.331. The second-order valence-corrected chi connectivity index (χ2v) is 7.51. The third kappa shape index (κ3) is 4.00. The van der Waals surface area contributed by atoms with Crippen molar-refractivity contribution < 1.29 is 24.0 Å². The molecule has 0 bridgehead atoms. The number of fused-ring (bicyclic) bond motifs is 2. The molecular weight excluding hydrogens is 394 g/mol. The second-order valence-electron chi connectivity index (χ2n) is 7.51. The summed E-state index contributed by atoms with van der Waals surface area (Å²) < 4.78 is 10.9. The first kappa shape index (κ1) is 19.3. The van der Waals surface area contributed by atoms with Gasteiger partial charge in [-0.1, -0.05) is 18.2 Å². The normalized spacial score (nSPS) is 16.1. The van der Waals surface area contributed by atoms with Gasteiger partial charge in [-0.05, 0) is 42.5 Å². The van der Waals surface area contributed by atoms with Crippen molar-refractivity contribution in [2.75, 3.05) is 43.1 Å². The molecule has 0 aliphatic carbocycles. The smallest absolute Gasteiger partial charge is 0.282 e. The number of aromatic amines is 1. The van der Waals surface area contributed by atoms with Crippen LogP contribution < -0.4 is 19.9 Å². The van der Waals surface area contributed by atoms with Crippen LogP contribution in [0.5, 0.6) is 5.75 Å². The number of hydrogen-bond donors (Lipinski definition) is 1. The lowest BCUT2D eigenvalue weighted by Gasteiger charge is -2.22. The van der Waals surface area contributed by atoms with Crippen molar-refractivity contribution in [3.8, 4) is 5.75 Å². The van der Waals surface area contributed by atoms with Crippen molar-refractivity contribution in [1.29, 1.82) is 0 Å². The first-order valence-electron chi connectivity index (χ1n) is 10.2. The van der Waals surface area contributed by atoms with E-state index in [2.05, 4.69) is 21.3 Å². The van der Waals surface area contributed by atoms with E-state index in [9.17, 15) is 9.59 Å². The monoisotopic (exact) mass is 416 g/mol. The van der Waals surface area contributed by atoms with Gasteiger partial charge >= 0.3 is 0 Å². The molecule has 0 unspecified atom stereocenters. The van der Waals surface area contributed by atoms with E-state index in [-0.39, 0.29) is 18.3 Å². The molecule has 31 heavy (non-hydrogen) atoms. The number of morpholine rings is 1. The Bertz CT molecular complexity index is 1200. The van der Waals surface area contributed by atoms with Crippen molar-refractivity contribution in [3.63, 3.8) is 0 Å².